The molecule has 1 atom stereocenters. The van der Waals surface area contributed by atoms with Crippen LogP contribution in [0.1, 0.15) is 39.9 Å². The third kappa shape index (κ3) is 4.57. The lowest BCUT2D eigenvalue weighted by Crippen LogP contribution is -2.42. The van der Waals surface area contributed by atoms with Gasteiger partial charge < -0.3 is 20.5 Å². The van der Waals surface area contributed by atoms with E-state index in [2.05, 4.69) is 22.8 Å². The molecule has 0 bridgehead atoms. The van der Waals surface area contributed by atoms with Crippen LogP contribution in [0.3, 0.4) is 0 Å². The van der Waals surface area contributed by atoms with Crippen LogP contribution in [0.25, 0.3) is 11.1 Å². The average Bonchev–Trinajstić information content (AvgIpc) is 3.12. The minimum absolute atomic E-state index is 0.0747. The van der Waals surface area contributed by atoms with E-state index in [0.29, 0.717) is 11.3 Å². The molecule has 0 aromatic heterocycles. The van der Waals surface area contributed by atoms with Crippen molar-refractivity contribution in [3.05, 3.63) is 89.0 Å². The van der Waals surface area contributed by atoms with Gasteiger partial charge in [-0.15, -0.1) is 0 Å². The first-order chi connectivity index (χ1) is 15.8. The zero-order valence-corrected chi connectivity index (χ0v) is 18.3. The molecule has 0 saturated heterocycles. The highest BCUT2D eigenvalue weighted by atomic mass is 16.5. The zero-order chi connectivity index (χ0) is 23.5. The van der Waals surface area contributed by atoms with E-state index in [0.717, 1.165) is 22.3 Å². The number of anilines is 1. The molecule has 1 aliphatic rings. The largest absolute Gasteiger partial charge is 0.478 e. The van der Waals surface area contributed by atoms with E-state index in [1.54, 1.807) is 19.1 Å². The molecule has 0 fully saturated rings. The molecule has 3 aromatic rings. The van der Waals surface area contributed by atoms with E-state index >= 15 is 0 Å². The highest BCUT2D eigenvalue weighted by molar-refractivity contribution is 5.98. The molecule has 7 heteroatoms. The fourth-order valence-electron chi connectivity index (χ4n) is 4.06. The monoisotopic (exact) mass is 444 g/mol. The molecule has 0 unspecified atom stereocenters. The van der Waals surface area contributed by atoms with Gasteiger partial charge in [-0.25, -0.2) is 9.59 Å². The maximum absolute atomic E-state index is 12.5. The van der Waals surface area contributed by atoms with E-state index in [1.165, 1.54) is 13.0 Å². The first-order valence-corrected chi connectivity index (χ1v) is 10.6. The Morgan fingerprint density at radius 1 is 0.970 bits per heavy atom. The highest BCUT2D eigenvalue weighted by Gasteiger charge is 2.29. The number of aromatic carboxylic acids is 1. The number of aryl methyl sites for hydroxylation is 1. The molecule has 0 radical (unpaired) electrons. The van der Waals surface area contributed by atoms with Crippen LogP contribution in [0.2, 0.25) is 0 Å². The third-order valence-corrected chi connectivity index (χ3v) is 5.81. The summed E-state index contributed by atoms with van der Waals surface area (Å²) in [6.07, 6.45) is -0.699. The molecule has 0 aliphatic heterocycles. The van der Waals surface area contributed by atoms with Crippen LogP contribution >= 0.6 is 0 Å². The van der Waals surface area contributed by atoms with E-state index in [1.807, 2.05) is 36.4 Å². The molecule has 1 aliphatic carbocycles. The van der Waals surface area contributed by atoms with Gasteiger partial charge in [0, 0.05) is 11.6 Å². The minimum atomic E-state index is -1.08. The molecule has 3 aromatic carbocycles. The van der Waals surface area contributed by atoms with Crippen LogP contribution in [-0.2, 0) is 9.53 Å². The number of hydrogen-bond donors (Lipinski definition) is 3. The molecule has 0 heterocycles. The Morgan fingerprint density at radius 2 is 1.58 bits per heavy atom. The van der Waals surface area contributed by atoms with E-state index in [-0.39, 0.29) is 18.1 Å². The number of carboxylic acids is 1. The molecular formula is C26H24N2O5. The van der Waals surface area contributed by atoms with Gasteiger partial charge in [-0.1, -0.05) is 54.6 Å². The average molecular weight is 444 g/mol. The molecule has 3 N–H and O–H groups in total. The summed E-state index contributed by atoms with van der Waals surface area (Å²) < 4.78 is 5.47. The first kappa shape index (κ1) is 22.1. The van der Waals surface area contributed by atoms with Gasteiger partial charge in [-0.05, 0) is 53.8 Å². The van der Waals surface area contributed by atoms with Gasteiger partial charge in [0.15, 0.2) is 0 Å². The van der Waals surface area contributed by atoms with E-state index < -0.39 is 24.0 Å². The standard InChI is InChI=1S/C26H24N2O5/c1-15-11-12-17(13-22(15)25(30)31)28-24(29)16(2)27-26(32)33-14-23-20-9-5-3-7-18(20)19-8-4-6-10-21(19)23/h3-13,16,23H,14H2,1-2H3,(H,27,32)(H,28,29)(H,30,31)/t16-/m1/s1. The Kier molecular flexibility index (Phi) is 6.13. The first-order valence-electron chi connectivity index (χ1n) is 10.6. The number of nitrogens with one attached hydrogen (secondary N) is 2. The summed E-state index contributed by atoms with van der Waals surface area (Å²) in [5.74, 6) is -1.63. The minimum Gasteiger partial charge on any atom is -0.478 e. The van der Waals surface area contributed by atoms with Crippen molar-refractivity contribution in [3.8, 4) is 11.1 Å². The smallest absolute Gasteiger partial charge is 0.407 e. The second-order valence-corrected chi connectivity index (χ2v) is 8.02. The number of carbonyl (C=O) groups excluding carboxylic acids is 2. The number of alkyl carbamates (subject to hydrolysis) is 1. The molecular weight excluding hydrogens is 420 g/mol. The molecule has 168 valence electrons. The number of carbonyl (C=O) groups is 3. The Hall–Kier alpha value is -4.13. The van der Waals surface area contributed by atoms with Crippen molar-refractivity contribution in [1.82, 2.24) is 5.32 Å². The van der Waals surface area contributed by atoms with Crippen molar-refractivity contribution < 1.29 is 24.2 Å². The van der Waals surface area contributed by atoms with Crippen LogP contribution in [0.5, 0.6) is 0 Å². The second kappa shape index (κ2) is 9.16. The Balaban J connectivity index is 1.36. The molecule has 2 amide bonds. The number of ether oxygens (including phenoxy) is 1. The number of benzene rings is 3. The highest BCUT2D eigenvalue weighted by Crippen LogP contribution is 2.44. The number of carboxylic acid groups (broad SMARTS) is 1. The number of hydrogen-bond acceptors (Lipinski definition) is 4. The Labute approximate surface area is 191 Å². The molecule has 33 heavy (non-hydrogen) atoms. The predicted molar refractivity (Wildman–Crippen MR) is 124 cm³/mol. The summed E-state index contributed by atoms with van der Waals surface area (Å²) in [5, 5.41) is 14.4. The number of amides is 2. The van der Waals surface area contributed by atoms with Gasteiger partial charge in [-0.3, -0.25) is 4.79 Å². The van der Waals surface area contributed by atoms with Crippen LogP contribution in [0, 0.1) is 6.92 Å². The lowest BCUT2D eigenvalue weighted by molar-refractivity contribution is -0.117. The van der Waals surface area contributed by atoms with Crippen LogP contribution in [0.15, 0.2) is 66.7 Å². The Morgan fingerprint density at radius 3 is 2.18 bits per heavy atom. The molecule has 0 spiro atoms. The molecule has 7 nitrogen and oxygen atoms in total. The second-order valence-electron chi connectivity index (χ2n) is 8.02. The number of fused-ring (bicyclic) bond motifs is 3. The van der Waals surface area contributed by atoms with Crippen molar-refractivity contribution in [2.24, 2.45) is 0 Å². The van der Waals surface area contributed by atoms with Gasteiger partial charge in [0.05, 0.1) is 5.56 Å². The maximum Gasteiger partial charge on any atom is 0.407 e. The van der Waals surface area contributed by atoms with Crippen LogP contribution in [0.4, 0.5) is 10.5 Å². The van der Waals surface area contributed by atoms with Crippen molar-refractivity contribution in [2.45, 2.75) is 25.8 Å². The Bertz CT molecular complexity index is 1190. The summed E-state index contributed by atoms with van der Waals surface area (Å²) >= 11 is 0. The van der Waals surface area contributed by atoms with Crippen LogP contribution < -0.4 is 10.6 Å². The summed E-state index contributed by atoms with van der Waals surface area (Å²) in [6, 6.07) is 19.8. The summed E-state index contributed by atoms with van der Waals surface area (Å²) in [7, 11) is 0. The van der Waals surface area contributed by atoms with E-state index in [4.69, 9.17) is 4.74 Å². The van der Waals surface area contributed by atoms with Gasteiger partial charge in [0.1, 0.15) is 12.6 Å². The zero-order valence-electron chi connectivity index (χ0n) is 18.3. The SMILES string of the molecule is Cc1ccc(NC(=O)[C@@H](C)NC(=O)OCC2c3ccccc3-c3ccccc32)cc1C(=O)O. The van der Waals surface area contributed by atoms with Gasteiger partial charge in [0.25, 0.3) is 0 Å². The van der Waals surface area contributed by atoms with Crippen LogP contribution in [-0.4, -0.2) is 35.7 Å². The lowest BCUT2D eigenvalue weighted by Gasteiger charge is -2.17. The fraction of sp³-hybridized carbons (Fsp3) is 0.192. The van der Waals surface area contributed by atoms with Gasteiger partial charge in [-0.2, -0.15) is 0 Å². The normalized spacial score (nSPS) is 12.9. The third-order valence-electron chi connectivity index (χ3n) is 5.81. The summed E-state index contributed by atoms with van der Waals surface area (Å²) in [4.78, 5) is 36.1. The predicted octanol–water partition coefficient (Wildman–Crippen LogP) is 4.56. The van der Waals surface area contributed by atoms with Crippen molar-refractivity contribution in [2.75, 3.05) is 11.9 Å². The lowest BCUT2D eigenvalue weighted by atomic mass is 9.98. The summed E-state index contributed by atoms with van der Waals surface area (Å²) in [5.41, 5.74) is 5.50. The maximum atomic E-state index is 12.5. The van der Waals surface area contributed by atoms with Crippen molar-refractivity contribution >= 4 is 23.7 Å². The van der Waals surface area contributed by atoms with Gasteiger partial charge in [0.2, 0.25) is 5.91 Å². The topological polar surface area (TPSA) is 105 Å². The number of rotatable bonds is 6. The van der Waals surface area contributed by atoms with Crippen molar-refractivity contribution in [1.29, 1.82) is 0 Å². The molecule has 4 rings (SSSR count). The fourth-order valence-corrected chi connectivity index (χ4v) is 4.06. The van der Waals surface area contributed by atoms with E-state index in [9.17, 15) is 19.5 Å². The van der Waals surface area contributed by atoms with Crippen molar-refractivity contribution in [3.63, 3.8) is 0 Å². The van der Waals surface area contributed by atoms with Gasteiger partial charge >= 0.3 is 12.1 Å². The quantitative estimate of drug-likeness (QED) is 0.517. The summed E-state index contributed by atoms with van der Waals surface area (Å²) in [6.45, 7) is 3.35. The molecule has 0 saturated carbocycles.